The molecule has 0 spiro atoms. The molecule has 2 heterocycles. The Bertz CT molecular complexity index is 544. The van der Waals surface area contributed by atoms with Crippen molar-refractivity contribution in [3.8, 4) is 11.5 Å². The molecule has 1 aromatic heterocycles. The normalized spacial score (nSPS) is 18.4. The first-order valence-corrected chi connectivity index (χ1v) is 4.89. The number of hydrogen-bond donors (Lipinski definition) is 0. The van der Waals surface area contributed by atoms with Gasteiger partial charge in [-0.1, -0.05) is 11.6 Å². The van der Waals surface area contributed by atoms with Crippen molar-refractivity contribution in [3.63, 3.8) is 0 Å². The summed E-state index contributed by atoms with van der Waals surface area (Å²) in [6.07, 6.45) is 1.17. The summed E-state index contributed by atoms with van der Waals surface area (Å²) in [7, 11) is 0. The Morgan fingerprint density at radius 2 is 1.93 bits per heavy atom. The number of ether oxygens (including phenoxy) is 2. The number of aromatic nitrogens is 2. The SMILES string of the molecule is CC1Oc2cc3ncnc(Cl)c3cc2O1. The van der Waals surface area contributed by atoms with Gasteiger partial charge in [0.25, 0.3) is 0 Å². The molecule has 0 N–H and O–H groups in total. The summed E-state index contributed by atoms with van der Waals surface area (Å²) < 4.78 is 10.9. The number of rotatable bonds is 0. The third-order valence-corrected chi connectivity index (χ3v) is 2.54. The number of halogens is 1. The molecule has 1 atom stereocenters. The Morgan fingerprint density at radius 3 is 2.73 bits per heavy atom. The van der Waals surface area contributed by atoms with Crippen LogP contribution in [0.15, 0.2) is 18.5 Å². The van der Waals surface area contributed by atoms with E-state index in [4.69, 9.17) is 21.1 Å². The Morgan fingerprint density at radius 1 is 1.20 bits per heavy atom. The maximum absolute atomic E-state index is 5.95. The van der Waals surface area contributed by atoms with Gasteiger partial charge in [0, 0.05) is 18.4 Å². The van der Waals surface area contributed by atoms with Crippen LogP contribution in [0.4, 0.5) is 0 Å². The van der Waals surface area contributed by atoms with Gasteiger partial charge in [-0.15, -0.1) is 0 Å². The van der Waals surface area contributed by atoms with Crippen molar-refractivity contribution in [2.75, 3.05) is 0 Å². The third kappa shape index (κ3) is 1.29. The number of nitrogens with zero attached hydrogens (tertiary/aromatic N) is 2. The number of fused-ring (bicyclic) bond motifs is 2. The second kappa shape index (κ2) is 2.97. The second-order valence-electron chi connectivity index (χ2n) is 3.28. The summed E-state index contributed by atoms with van der Waals surface area (Å²) in [4.78, 5) is 8.02. The molecule has 0 bridgehead atoms. The van der Waals surface area contributed by atoms with E-state index in [1.165, 1.54) is 6.33 Å². The maximum Gasteiger partial charge on any atom is 0.238 e. The Kier molecular flexibility index (Phi) is 1.73. The fraction of sp³-hybridized carbons (Fsp3) is 0.200. The van der Waals surface area contributed by atoms with Gasteiger partial charge < -0.3 is 9.47 Å². The van der Waals surface area contributed by atoms with Crippen LogP contribution in [-0.4, -0.2) is 16.3 Å². The molecule has 76 valence electrons. The van der Waals surface area contributed by atoms with Crippen LogP contribution < -0.4 is 9.47 Å². The molecule has 0 aliphatic carbocycles. The Balaban J connectivity index is 2.30. The third-order valence-electron chi connectivity index (χ3n) is 2.24. The van der Waals surface area contributed by atoms with Gasteiger partial charge >= 0.3 is 0 Å². The molecule has 2 aromatic rings. The van der Waals surface area contributed by atoms with Gasteiger partial charge in [0.15, 0.2) is 11.5 Å². The molecule has 0 amide bonds. The highest BCUT2D eigenvalue weighted by Crippen LogP contribution is 2.38. The van der Waals surface area contributed by atoms with Crippen LogP contribution in [0.5, 0.6) is 11.5 Å². The van der Waals surface area contributed by atoms with Crippen LogP contribution in [0.3, 0.4) is 0 Å². The lowest BCUT2D eigenvalue weighted by atomic mass is 10.2. The van der Waals surface area contributed by atoms with E-state index in [2.05, 4.69) is 9.97 Å². The predicted molar refractivity (Wildman–Crippen MR) is 55.3 cm³/mol. The molecule has 0 fully saturated rings. The smallest absolute Gasteiger partial charge is 0.238 e. The molecular weight excluding hydrogens is 216 g/mol. The van der Waals surface area contributed by atoms with Gasteiger partial charge in [0.1, 0.15) is 11.5 Å². The van der Waals surface area contributed by atoms with Crippen molar-refractivity contribution in [2.24, 2.45) is 0 Å². The van der Waals surface area contributed by atoms with Gasteiger partial charge in [-0.2, -0.15) is 0 Å². The summed E-state index contributed by atoms with van der Waals surface area (Å²) in [6.45, 7) is 1.83. The zero-order chi connectivity index (χ0) is 10.4. The van der Waals surface area contributed by atoms with E-state index in [0.29, 0.717) is 16.7 Å². The highest BCUT2D eigenvalue weighted by Gasteiger charge is 2.21. The van der Waals surface area contributed by atoms with Crippen molar-refractivity contribution in [1.29, 1.82) is 0 Å². The molecule has 0 saturated heterocycles. The van der Waals surface area contributed by atoms with E-state index >= 15 is 0 Å². The van der Waals surface area contributed by atoms with Crippen LogP contribution in [0.25, 0.3) is 10.9 Å². The summed E-state index contributed by atoms with van der Waals surface area (Å²) in [5.41, 5.74) is 0.756. The highest BCUT2D eigenvalue weighted by molar-refractivity contribution is 6.34. The first-order valence-electron chi connectivity index (χ1n) is 4.51. The zero-order valence-corrected chi connectivity index (χ0v) is 8.65. The van der Waals surface area contributed by atoms with Gasteiger partial charge in [0.2, 0.25) is 6.29 Å². The molecule has 0 radical (unpaired) electrons. The summed E-state index contributed by atoms with van der Waals surface area (Å²) in [5.74, 6) is 1.39. The first kappa shape index (κ1) is 8.73. The van der Waals surface area contributed by atoms with Crippen LogP contribution in [-0.2, 0) is 0 Å². The standard InChI is InChI=1S/C10H7ClN2O2/c1-5-14-8-2-6-7(3-9(8)15-5)12-4-13-10(6)11/h2-5H,1H3. The van der Waals surface area contributed by atoms with E-state index < -0.39 is 0 Å². The molecule has 15 heavy (non-hydrogen) atoms. The minimum Gasteiger partial charge on any atom is -0.451 e. The lowest BCUT2D eigenvalue weighted by Gasteiger charge is -2.00. The minimum atomic E-state index is -0.261. The molecule has 4 nitrogen and oxygen atoms in total. The Hall–Kier alpha value is -1.55. The highest BCUT2D eigenvalue weighted by atomic mass is 35.5. The largest absolute Gasteiger partial charge is 0.451 e. The average Bonchev–Trinajstić information content (AvgIpc) is 2.55. The van der Waals surface area contributed by atoms with Crippen LogP contribution >= 0.6 is 11.6 Å². The topological polar surface area (TPSA) is 44.2 Å². The number of hydrogen-bond acceptors (Lipinski definition) is 4. The number of benzene rings is 1. The fourth-order valence-corrected chi connectivity index (χ4v) is 1.79. The van der Waals surface area contributed by atoms with E-state index in [0.717, 1.165) is 10.9 Å². The van der Waals surface area contributed by atoms with Gasteiger partial charge in [-0.05, 0) is 6.07 Å². The van der Waals surface area contributed by atoms with Crippen molar-refractivity contribution >= 4 is 22.5 Å². The van der Waals surface area contributed by atoms with E-state index in [-0.39, 0.29) is 6.29 Å². The van der Waals surface area contributed by atoms with Crippen LogP contribution in [0.1, 0.15) is 6.92 Å². The summed E-state index contributed by atoms with van der Waals surface area (Å²) in [5, 5.41) is 1.20. The van der Waals surface area contributed by atoms with Crippen molar-refractivity contribution in [2.45, 2.75) is 13.2 Å². The van der Waals surface area contributed by atoms with Gasteiger partial charge in [-0.25, -0.2) is 9.97 Å². The monoisotopic (exact) mass is 222 g/mol. The van der Waals surface area contributed by atoms with Crippen LogP contribution in [0, 0.1) is 0 Å². The zero-order valence-electron chi connectivity index (χ0n) is 7.90. The molecule has 3 rings (SSSR count). The maximum atomic E-state index is 5.95. The molecule has 1 unspecified atom stereocenters. The van der Waals surface area contributed by atoms with Gasteiger partial charge in [-0.3, -0.25) is 0 Å². The van der Waals surface area contributed by atoms with E-state index in [1.807, 2.05) is 13.0 Å². The molecule has 5 heteroatoms. The van der Waals surface area contributed by atoms with Crippen LogP contribution in [0.2, 0.25) is 5.15 Å². The van der Waals surface area contributed by atoms with E-state index in [9.17, 15) is 0 Å². The molecule has 1 aliphatic rings. The summed E-state index contributed by atoms with van der Waals surface area (Å²) >= 11 is 5.95. The van der Waals surface area contributed by atoms with Crippen molar-refractivity contribution < 1.29 is 9.47 Å². The first-order chi connectivity index (χ1) is 7.24. The average molecular weight is 223 g/mol. The quantitative estimate of drug-likeness (QED) is 0.642. The lowest BCUT2D eigenvalue weighted by Crippen LogP contribution is -2.11. The molecular formula is C10H7ClN2O2. The Labute approximate surface area is 90.8 Å². The second-order valence-corrected chi connectivity index (χ2v) is 3.64. The van der Waals surface area contributed by atoms with Crippen molar-refractivity contribution in [1.82, 2.24) is 9.97 Å². The van der Waals surface area contributed by atoms with E-state index in [1.54, 1.807) is 6.07 Å². The van der Waals surface area contributed by atoms with Crippen molar-refractivity contribution in [3.05, 3.63) is 23.6 Å². The van der Waals surface area contributed by atoms with Gasteiger partial charge in [0.05, 0.1) is 5.52 Å². The predicted octanol–water partition coefficient (Wildman–Crippen LogP) is 2.40. The molecule has 1 aliphatic heterocycles. The fourth-order valence-electron chi connectivity index (χ4n) is 1.60. The molecule has 0 saturated carbocycles. The molecule has 1 aromatic carbocycles. The summed E-state index contributed by atoms with van der Waals surface area (Å²) in [6, 6.07) is 3.61. The lowest BCUT2D eigenvalue weighted by molar-refractivity contribution is 0.0679. The minimum absolute atomic E-state index is 0.261.